The van der Waals surface area contributed by atoms with Gasteiger partial charge in [0.1, 0.15) is 23.0 Å². The second-order valence-corrected chi connectivity index (χ2v) is 10.3. The van der Waals surface area contributed by atoms with Crippen molar-refractivity contribution in [1.82, 2.24) is 34.7 Å². The first kappa shape index (κ1) is 24.9. The van der Waals surface area contributed by atoms with Crippen LogP contribution in [0.1, 0.15) is 45.0 Å². The molecule has 2 saturated heterocycles. The molecule has 5 rings (SSSR count). The maximum Gasteiger partial charge on any atom is 0.227 e. The minimum Gasteiger partial charge on any atom is -0.378 e. The third-order valence-electron chi connectivity index (χ3n) is 7.65. The minimum absolute atomic E-state index is 0.0614. The monoisotopic (exact) mass is 493 g/mol. The number of rotatable bonds is 8. The Morgan fingerprint density at radius 1 is 1.08 bits per heavy atom. The summed E-state index contributed by atoms with van der Waals surface area (Å²) in [6.07, 6.45) is 6.66. The molecule has 2 N–H and O–H groups in total. The van der Waals surface area contributed by atoms with Gasteiger partial charge in [-0.15, -0.1) is 0 Å². The number of methoxy groups -OCH3 is 1. The number of piperazine rings is 1. The van der Waals surface area contributed by atoms with E-state index in [1.807, 2.05) is 38.6 Å². The molecule has 36 heavy (non-hydrogen) atoms. The van der Waals surface area contributed by atoms with Crippen LogP contribution in [0.4, 0.5) is 17.6 Å². The number of aromatic nitrogens is 5. The van der Waals surface area contributed by atoms with E-state index in [4.69, 9.17) is 9.72 Å². The highest BCUT2D eigenvalue weighted by molar-refractivity contribution is 5.79. The molecule has 3 aromatic rings. The Morgan fingerprint density at radius 3 is 2.58 bits per heavy atom. The van der Waals surface area contributed by atoms with Crippen LogP contribution in [-0.4, -0.2) is 87.9 Å². The first-order valence-corrected chi connectivity index (χ1v) is 13.1. The molecule has 0 atom stereocenters. The lowest BCUT2D eigenvalue weighted by atomic mass is 9.87. The summed E-state index contributed by atoms with van der Waals surface area (Å²) in [4.78, 5) is 23.4. The van der Waals surface area contributed by atoms with Crippen LogP contribution in [-0.2, 0) is 4.74 Å². The van der Waals surface area contributed by atoms with Crippen LogP contribution in [0.2, 0.25) is 0 Å². The second kappa shape index (κ2) is 10.7. The number of piperidine rings is 1. The highest BCUT2D eigenvalue weighted by Crippen LogP contribution is 2.31. The van der Waals surface area contributed by atoms with Gasteiger partial charge in [0, 0.05) is 71.2 Å². The van der Waals surface area contributed by atoms with Crippen LogP contribution >= 0.6 is 0 Å². The highest BCUT2D eigenvalue weighted by atomic mass is 16.5. The molecule has 10 nitrogen and oxygen atoms in total. The summed E-state index contributed by atoms with van der Waals surface area (Å²) >= 11 is 0. The largest absolute Gasteiger partial charge is 0.378 e. The molecule has 2 aliphatic rings. The number of fused-ring (bicyclic) bond motifs is 1. The minimum atomic E-state index is -0.0614. The topological polar surface area (TPSA) is 96.3 Å². The van der Waals surface area contributed by atoms with E-state index in [0.29, 0.717) is 6.04 Å². The summed E-state index contributed by atoms with van der Waals surface area (Å²) in [5.74, 6) is 3.23. The van der Waals surface area contributed by atoms with Gasteiger partial charge < -0.3 is 29.7 Å². The van der Waals surface area contributed by atoms with Crippen molar-refractivity contribution >= 4 is 28.6 Å². The van der Waals surface area contributed by atoms with Gasteiger partial charge in [0.05, 0.1) is 17.3 Å². The average Bonchev–Trinajstić information content (AvgIpc) is 3.24. The van der Waals surface area contributed by atoms with Crippen molar-refractivity contribution < 1.29 is 4.74 Å². The molecule has 194 valence electrons. The van der Waals surface area contributed by atoms with E-state index in [1.165, 1.54) is 0 Å². The number of ether oxygens (including phenoxy) is 1. The number of hydrogen-bond acceptors (Lipinski definition) is 9. The molecule has 2 fully saturated rings. The van der Waals surface area contributed by atoms with Crippen molar-refractivity contribution in [2.75, 3.05) is 63.1 Å². The summed E-state index contributed by atoms with van der Waals surface area (Å²) in [6, 6.07) is 4.26. The molecular formula is C26H39N9O. The Balaban J connectivity index is 1.24. The van der Waals surface area contributed by atoms with Crippen LogP contribution in [0.5, 0.6) is 0 Å². The quantitative estimate of drug-likeness (QED) is 0.491. The predicted octanol–water partition coefficient (Wildman–Crippen LogP) is 3.13. The number of nitrogens with zero attached hydrogens (tertiary/aromatic N) is 7. The average molecular weight is 494 g/mol. The van der Waals surface area contributed by atoms with E-state index >= 15 is 0 Å². The van der Waals surface area contributed by atoms with E-state index in [1.54, 1.807) is 0 Å². The number of anilines is 3. The molecular weight excluding hydrogens is 454 g/mol. The van der Waals surface area contributed by atoms with Crippen LogP contribution in [0.15, 0.2) is 24.5 Å². The van der Waals surface area contributed by atoms with Crippen LogP contribution in [0.3, 0.4) is 0 Å². The molecule has 0 unspecified atom stereocenters. The maximum atomic E-state index is 6.08. The third-order valence-corrected chi connectivity index (χ3v) is 7.65. The van der Waals surface area contributed by atoms with Gasteiger partial charge in [-0.05, 0) is 46.1 Å². The summed E-state index contributed by atoms with van der Waals surface area (Å²) < 4.78 is 8.31. The zero-order valence-electron chi connectivity index (χ0n) is 22.0. The fourth-order valence-electron chi connectivity index (χ4n) is 5.51. The zero-order valence-corrected chi connectivity index (χ0v) is 22.0. The molecule has 10 heteroatoms. The molecule has 0 saturated carbocycles. The Hall–Kier alpha value is -2.82. The Labute approximate surface area is 213 Å². The van der Waals surface area contributed by atoms with Gasteiger partial charge in [-0.3, -0.25) is 0 Å². The molecule has 2 aliphatic heterocycles. The van der Waals surface area contributed by atoms with Crippen molar-refractivity contribution in [3.05, 3.63) is 30.4 Å². The molecule has 5 heterocycles. The normalized spacial score (nSPS) is 18.8. The van der Waals surface area contributed by atoms with Crippen molar-refractivity contribution in [3.63, 3.8) is 0 Å². The van der Waals surface area contributed by atoms with Gasteiger partial charge in [-0.25, -0.2) is 15.0 Å². The number of nitrogens with one attached hydrogen (secondary N) is 2. The lowest BCUT2D eigenvalue weighted by Crippen LogP contribution is -2.49. The lowest BCUT2D eigenvalue weighted by Gasteiger charge is -2.42. The molecule has 0 radical (unpaired) electrons. The standard InChI is InChI=1S/C26H39N9O/c1-19(2)35-20(3)30-21-18-29-24(17-22(21)35)31-23-5-9-28-25(32-23)34-13-7-26(36-4,8-14-34)6-12-33-15-10-27-11-16-33/h5,9,17-19,27H,6-8,10-16H2,1-4H3,(H,28,29,31,32). The Morgan fingerprint density at radius 2 is 1.86 bits per heavy atom. The van der Waals surface area contributed by atoms with Gasteiger partial charge in [-0.2, -0.15) is 4.98 Å². The number of imidazole rings is 1. The Kier molecular flexibility index (Phi) is 7.36. The smallest absolute Gasteiger partial charge is 0.227 e. The summed E-state index contributed by atoms with van der Waals surface area (Å²) in [5.41, 5.74) is 1.91. The van der Waals surface area contributed by atoms with Crippen molar-refractivity contribution in [1.29, 1.82) is 0 Å². The van der Waals surface area contributed by atoms with E-state index < -0.39 is 0 Å². The molecule has 0 spiro atoms. The first-order chi connectivity index (χ1) is 17.5. The van der Waals surface area contributed by atoms with Crippen molar-refractivity contribution in [2.24, 2.45) is 0 Å². The highest BCUT2D eigenvalue weighted by Gasteiger charge is 2.35. The van der Waals surface area contributed by atoms with E-state index in [9.17, 15) is 0 Å². The van der Waals surface area contributed by atoms with Gasteiger partial charge in [-0.1, -0.05) is 0 Å². The van der Waals surface area contributed by atoms with E-state index in [-0.39, 0.29) is 5.60 Å². The van der Waals surface area contributed by atoms with E-state index in [0.717, 1.165) is 99.5 Å². The van der Waals surface area contributed by atoms with Gasteiger partial charge in [0.2, 0.25) is 5.95 Å². The zero-order chi connectivity index (χ0) is 25.1. The fourth-order valence-corrected chi connectivity index (χ4v) is 5.51. The van der Waals surface area contributed by atoms with Gasteiger partial charge in [0.25, 0.3) is 0 Å². The SMILES string of the molecule is COC1(CCN2CCNCC2)CCN(c2nccc(Nc3cc4c(cn3)nc(C)n4C(C)C)n2)CC1. The maximum absolute atomic E-state index is 6.08. The summed E-state index contributed by atoms with van der Waals surface area (Å²) in [7, 11) is 1.87. The second-order valence-electron chi connectivity index (χ2n) is 10.3. The van der Waals surface area contributed by atoms with Crippen LogP contribution in [0.25, 0.3) is 11.0 Å². The van der Waals surface area contributed by atoms with Crippen LogP contribution < -0.4 is 15.5 Å². The molecule has 0 aliphatic carbocycles. The first-order valence-electron chi connectivity index (χ1n) is 13.1. The summed E-state index contributed by atoms with van der Waals surface area (Å²) in [5, 5.41) is 6.80. The van der Waals surface area contributed by atoms with Gasteiger partial charge >= 0.3 is 0 Å². The van der Waals surface area contributed by atoms with Crippen molar-refractivity contribution in [2.45, 2.75) is 51.7 Å². The molecule has 3 aromatic heterocycles. The van der Waals surface area contributed by atoms with Crippen LogP contribution in [0, 0.1) is 6.92 Å². The fraction of sp³-hybridized carbons (Fsp3) is 0.615. The van der Waals surface area contributed by atoms with Crippen molar-refractivity contribution in [3.8, 4) is 0 Å². The summed E-state index contributed by atoms with van der Waals surface area (Å²) in [6.45, 7) is 13.7. The molecule has 0 aromatic carbocycles. The molecule has 0 bridgehead atoms. The number of aryl methyl sites for hydroxylation is 1. The predicted molar refractivity (Wildman–Crippen MR) is 143 cm³/mol. The third kappa shape index (κ3) is 5.30. The Bertz CT molecular complexity index is 1160. The van der Waals surface area contributed by atoms with Gasteiger partial charge in [0.15, 0.2) is 0 Å². The number of pyridine rings is 1. The lowest BCUT2D eigenvalue weighted by molar-refractivity contribution is -0.0423. The number of hydrogen-bond donors (Lipinski definition) is 2. The van der Waals surface area contributed by atoms with E-state index in [2.05, 4.69) is 53.8 Å². The molecule has 0 amide bonds.